The Hall–Kier alpha value is -0.940. The molecule has 1 atom stereocenters. The van der Waals surface area contributed by atoms with Crippen molar-refractivity contribution in [2.75, 3.05) is 27.2 Å². The highest BCUT2D eigenvalue weighted by molar-refractivity contribution is 7.12. The first kappa shape index (κ1) is 13.5. The fourth-order valence-electron chi connectivity index (χ4n) is 2.36. The highest BCUT2D eigenvalue weighted by Crippen LogP contribution is 2.31. The standard InChI is InChI=1S/C13H20N2O2S/c1-9-11(7-12(16)17-3)18-13(14-9)10-5-4-6-15(2)8-10/h10H,4-8H2,1-3H3. The summed E-state index contributed by atoms with van der Waals surface area (Å²) in [6.45, 7) is 4.23. The number of aromatic nitrogens is 1. The quantitative estimate of drug-likeness (QED) is 0.786. The van der Waals surface area contributed by atoms with Crippen molar-refractivity contribution in [3.05, 3.63) is 15.6 Å². The zero-order chi connectivity index (χ0) is 13.1. The van der Waals surface area contributed by atoms with Crippen LogP contribution >= 0.6 is 11.3 Å². The van der Waals surface area contributed by atoms with Crippen LogP contribution in [0.15, 0.2) is 0 Å². The van der Waals surface area contributed by atoms with E-state index in [2.05, 4.69) is 16.9 Å². The summed E-state index contributed by atoms with van der Waals surface area (Å²) in [6, 6.07) is 0. The molecular weight excluding hydrogens is 248 g/mol. The van der Waals surface area contributed by atoms with E-state index in [0.29, 0.717) is 12.3 Å². The molecule has 0 bridgehead atoms. The third kappa shape index (κ3) is 3.09. The van der Waals surface area contributed by atoms with Gasteiger partial charge in [0.1, 0.15) is 0 Å². The first-order valence-electron chi connectivity index (χ1n) is 6.31. The Morgan fingerprint density at radius 1 is 1.61 bits per heavy atom. The molecule has 1 unspecified atom stereocenters. The van der Waals surface area contributed by atoms with E-state index in [0.717, 1.165) is 17.1 Å². The smallest absolute Gasteiger partial charge is 0.310 e. The number of aryl methyl sites for hydroxylation is 1. The predicted octanol–water partition coefficient (Wildman–Crippen LogP) is 1.98. The van der Waals surface area contributed by atoms with E-state index in [9.17, 15) is 4.79 Å². The minimum absolute atomic E-state index is 0.186. The number of thiazole rings is 1. The molecule has 4 nitrogen and oxygen atoms in total. The van der Waals surface area contributed by atoms with Gasteiger partial charge in [0.2, 0.25) is 0 Å². The molecule has 1 fully saturated rings. The number of ether oxygens (including phenoxy) is 1. The van der Waals surface area contributed by atoms with Crippen LogP contribution in [0.2, 0.25) is 0 Å². The van der Waals surface area contributed by atoms with Crippen molar-refractivity contribution >= 4 is 17.3 Å². The Morgan fingerprint density at radius 3 is 3.06 bits per heavy atom. The molecule has 5 heteroatoms. The Kier molecular flexibility index (Phi) is 4.35. The molecule has 0 aromatic carbocycles. The highest BCUT2D eigenvalue weighted by atomic mass is 32.1. The van der Waals surface area contributed by atoms with Gasteiger partial charge in [-0.2, -0.15) is 0 Å². The fourth-order valence-corrected chi connectivity index (χ4v) is 3.54. The van der Waals surface area contributed by atoms with Crippen molar-refractivity contribution < 1.29 is 9.53 Å². The molecule has 0 aliphatic carbocycles. The Bertz CT molecular complexity index is 431. The van der Waals surface area contributed by atoms with Gasteiger partial charge >= 0.3 is 5.97 Å². The van der Waals surface area contributed by atoms with Gasteiger partial charge in [-0.1, -0.05) is 0 Å². The molecule has 0 spiro atoms. The molecule has 2 heterocycles. The number of nitrogens with zero attached hydrogens (tertiary/aromatic N) is 2. The molecule has 18 heavy (non-hydrogen) atoms. The van der Waals surface area contributed by atoms with Gasteiger partial charge in [-0.15, -0.1) is 11.3 Å². The number of carbonyl (C=O) groups excluding carboxylic acids is 1. The van der Waals surface area contributed by atoms with Crippen LogP contribution in [0.4, 0.5) is 0 Å². The van der Waals surface area contributed by atoms with Crippen molar-refractivity contribution in [2.24, 2.45) is 0 Å². The lowest BCUT2D eigenvalue weighted by molar-refractivity contribution is -0.139. The van der Waals surface area contributed by atoms with Crippen molar-refractivity contribution in [1.29, 1.82) is 0 Å². The maximum absolute atomic E-state index is 11.3. The normalized spacial score (nSPS) is 20.9. The molecule has 2 rings (SSSR count). The number of esters is 1. The van der Waals surface area contributed by atoms with Gasteiger partial charge < -0.3 is 9.64 Å². The predicted molar refractivity (Wildman–Crippen MR) is 72.0 cm³/mol. The molecule has 0 radical (unpaired) electrons. The van der Waals surface area contributed by atoms with Crippen LogP contribution in [0, 0.1) is 6.92 Å². The van der Waals surface area contributed by atoms with Gasteiger partial charge in [-0.3, -0.25) is 4.79 Å². The van der Waals surface area contributed by atoms with Gasteiger partial charge in [0.15, 0.2) is 0 Å². The van der Waals surface area contributed by atoms with E-state index < -0.39 is 0 Å². The Morgan fingerprint density at radius 2 is 2.39 bits per heavy atom. The zero-order valence-corrected chi connectivity index (χ0v) is 12.0. The number of piperidine rings is 1. The van der Waals surface area contributed by atoms with Crippen molar-refractivity contribution in [3.8, 4) is 0 Å². The Labute approximate surface area is 112 Å². The average Bonchev–Trinajstić information content (AvgIpc) is 2.71. The second kappa shape index (κ2) is 5.80. The number of likely N-dealkylation sites (N-methyl/N-ethyl adjacent to an activating group) is 1. The van der Waals surface area contributed by atoms with E-state index in [1.54, 1.807) is 11.3 Å². The molecule has 1 aromatic rings. The molecule has 1 saturated heterocycles. The van der Waals surface area contributed by atoms with Crippen LogP contribution in [-0.4, -0.2) is 43.1 Å². The molecule has 100 valence electrons. The minimum Gasteiger partial charge on any atom is -0.469 e. The van der Waals surface area contributed by atoms with Gasteiger partial charge in [0.25, 0.3) is 0 Å². The lowest BCUT2D eigenvalue weighted by Crippen LogP contribution is -2.30. The lowest BCUT2D eigenvalue weighted by atomic mass is 9.99. The largest absolute Gasteiger partial charge is 0.469 e. The van der Waals surface area contributed by atoms with Gasteiger partial charge in [-0.05, 0) is 33.4 Å². The van der Waals surface area contributed by atoms with Gasteiger partial charge in [0, 0.05) is 17.3 Å². The molecule has 1 aliphatic heterocycles. The van der Waals surface area contributed by atoms with Crippen LogP contribution in [-0.2, 0) is 16.0 Å². The van der Waals surface area contributed by atoms with Crippen LogP contribution in [0.3, 0.4) is 0 Å². The van der Waals surface area contributed by atoms with E-state index in [4.69, 9.17) is 4.74 Å². The maximum Gasteiger partial charge on any atom is 0.310 e. The van der Waals surface area contributed by atoms with Crippen LogP contribution in [0.5, 0.6) is 0 Å². The van der Waals surface area contributed by atoms with Crippen LogP contribution in [0.1, 0.15) is 34.3 Å². The second-order valence-corrected chi connectivity index (χ2v) is 6.03. The van der Waals surface area contributed by atoms with E-state index in [1.165, 1.54) is 31.5 Å². The SMILES string of the molecule is COC(=O)Cc1sc(C2CCCN(C)C2)nc1C. The zero-order valence-electron chi connectivity index (χ0n) is 11.2. The molecule has 0 N–H and O–H groups in total. The third-order valence-corrected chi connectivity index (χ3v) is 4.74. The molecular formula is C13H20N2O2S. The summed E-state index contributed by atoms with van der Waals surface area (Å²) in [5.41, 5.74) is 0.980. The number of rotatable bonds is 3. The van der Waals surface area contributed by atoms with Crippen molar-refractivity contribution in [2.45, 2.75) is 32.1 Å². The molecule has 1 aromatic heterocycles. The van der Waals surface area contributed by atoms with Gasteiger partial charge in [-0.25, -0.2) is 4.98 Å². The summed E-state index contributed by atoms with van der Waals surface area (Å²) in [6.07, 6.45) is 2.78. The second-order valence-electron chi connectivity index (χ2n) is 4.91. The lowest BCUT2D eigenvalue weighted by Gasteiger charge is -2.28. The summed E-state index contributed by atoms with van der Waals surface area (Å²) in [5.74, 6) is 0.341. The first-order chi connectivity index (χ1) is 8.60. The van der Waals surface area contributed by atoms with Gasteiger partial charge in [0.05, 0.1) is 24.2 Å². The van der Waals surface area contributed by atoms with Crippen LogP contribution in [0.25, 0.3) is 0 Å². The highest BCUT2D eigenvalue weighted by Gasteiger charge is 2.23. The van der Waals surface area contributed by atoms with E-state index >= 15 is 0 Å². The number of hydrogen-bond acceptors (Lipinski definition) is 5. The monoisotopic (exact) mass is 268 g/mol. The number of carbonyl (C=O) groups is 1. The minimum atomic E-state index is -0.186. The Balaban J connectivity index is 2.10. The number of likely N-dealkylation sites (tertiary alicyclic amines) is 1. The number of hydrogen-bond donors (Lipinski definition) is 0. The summed E-state index contributed by atoms with van der Waals surface area (Å²) >= 11 is 1.67. The van der Waals surface area contributed by atoms with Crippen LogP contribution < -0.4 is 0 Å². The third-order valence-electron chi connectivity index (χ3n) is 3.42. The fraction of sp³-hybridized carbons (Fsp3) is 0.692. The number of methoxy groups -OCH3 is 1. The molecule has 0 amide bonds. The summed E-state index contributed by atoms with van der Waals surface area (Å²) in [4.78, 5) is 19.4. The maximum atomic E-state index is 11.3. The van der Waals surface area contributed by atoms with Crippen molar-refractivity contribution in [3.63, 3.8) is 0 Å². The summed E-state index contributed by atoms with van der Waals surface area (Å²) < 4.78 is 4.71. The summed E-state index contributed by atoms with van der Waals surface area (Å²) in [5, 5.41) is 1.18. The molecule has 0 saturated carbocycles. The van der Waals surface area contributed by atoms with E-state index in [1.807, 2.05) is 6.92 Å². The average molecular weight is 268 g/mol. The van der Waals surface area contributed by atoms with E-state index in [-0.39, 0.29) is 5.97 Å². The van der Waals surface area contributed by atoms with Crippen molar-refractivity contribution in [1.82, 2.24) is 9.88 Å². The first-order valence-corrected chi connectivity index (χ1v) is 7.13. The topological polar surface area (TPSA) is 42.4 Å². The summed E-state index contributed by atoms with van der Waals surface area (Å²) in [7, 11) is 3.58. The molecule has 1 aliphatic rings.